The number of halogens is 2. The first kappa shape index (κ1) is 12.7. The Balaban J connectivity index is 2.16. The first-order valence-corrected chi connectivity index (χ1v) is 6.84. The zero-order chi connectivity index (χ0) is 12.4. The van der Waals surface area contributed by atoms with Crippen molar-refractivity contribution in [3.05, 3.63) is 50.1 Å². The van der Waals surface area contributed by atoms with Crippen molar-refractivity contribution in [3.63, 3.8) is 0 Å². The van der Waals surface area contributed by atoms with E-state index in [1.54, 1.807) is 11.3 Å². The Morgan fingerprint density at radius 2 is 2.24 bits per heavy atom. The highest BCUT2D eigenvalue weighted by Crippen LogP contribution is 2.22. The van der Waals surface area contributed by atoms with E-state index in [1.807, 2.05) is 18.4 Å². The molecule has 1 unspecified atom stereocenters. The predicted molar refractivity (Wildman–Crippen MR) is 71.6 cm³/mol. The van der Waals surface area contributed by atoms with Crippen LogP contribution in [0.25, 0.3) is 0 Å². The summed E-state index contributed by atoms with van der Waals surface area (Å²) in [5.74, 6) is -0.278. The molecule has 2 aromatic rings. The molecule has 5 heteroatoms. The lowest BCUT2D eigenvalue weighted by Crippen LogP contribution is -2.13. The van der Waals surface area contributed by atoms with Crippen LogP contribution >= 0.6 is 27.3 Å². The first-order chi connectivity index (χ1) is 8.04. The molecule has 0 aliphatic heterocycles. The van der Waals surface area contributed by atoms with Gasteiger partial charge in [0, 0.05) is 28.0 Å². The van der Waals surface area contributed by atoms with Gasteiger partial charge >= 0.3 is 0 Å². The minimum atomic E-state index is -0.278. The molecule has 0 radical (unpaired) electrons. The first-order valence-electron chi connectivity index (χ1n) is 5.17. The summed E-state index contributed by atoms with van der Waals surface area (Å²) in [6, 6.07) is 4.50. The molecule has 0 fully saturated rings. The molecule has 17 heavy (non-hydrogen) atoms. The Hall–Kier alpha value is -0.780. The van der Waals surface area contributed by atoms with Crippen LogP contribution in [-0.2, 0) is 6.42 Å². The van der Waals surface area contributed by atoms with Crippen LogP contribution in [0, 0.1) is 12.7 Å². The topological polar surface area (TPSA) is 38.9 Å². The molecule has 2 rings (SSSR count). The van der Waals surface area contributed by atoms with Crippen molar-refractivity contribution in [1.82, 2.24) is 4.98 Å². The molecule has 0 saturated carbocycles. The van der Waals surface area contributed by atoms with Crippen LogP contribution in [0.3, 0.4) is 0 Å². The zero-order valence-electron chi connectivity index (χ0n) is 9.28. The molecule has 2 nitrogen and oxygen atoms in total. The van der Waals surface area contributed by atoms with Crippen LogP contribution in [0.4, 0.5) is 4.39 Å². The van der Waals surface area contributed by atoms with Crippen molar-refractivity contribution < 1.29 is 4.39 Å². The Bertz CT molecular complexity index is 507. The molecule has 0 aliphatic rings. The summed E-state index contributed by atoms with van der Waals surface area (Å²) >= 11 is 4.85. The van der Waals surface area contributed by atoms with Gasteiger partial charge in [-0.2, -0.15) is 0 Å². The van der Waals surface area contributed by atoms with Crippen molar-refractivity contribution in [2.24, 2.45) is 5.73 Å². The van der Waals surface area contributed by atoms with E-state index >= 15 is 0 Å². The average molecular weight is 315 g/mol. The van der Waals surface area contributed by atoms with Gasteiger partial charge < -0.3 is 5.73 Å². The van der Waals surface area contributed by atoms with Gasteiger partial charge in [-0.1, -0.05) is 15.9 Å². The number of hydrogen-bond donors (Lipinski definition) is 1. The number of hydrogen-bond acceptors (Lipinski definition) is 3. The molecule has 0 bridgehead atoms. The largest absolute Gasteiger partial charge is 0.324 e. The maximum Gasteiger partial charge on any atom is 0.124 e. The number of aromatic nitrogens is 1. The molecule has 0 spiro atoms. The molecule has 1 atom stereocenters. The predicted octanol–water partition coefficient (Wildman–Crippen LogP) is 3.60. The van der Waals surface area contributed by atoms with Crippen molar-refractivity contribution in [3.8, 4) is 0 Å². The van der Waals surface area contributed by atoms with Crippen LogP contribution < -0.4 is 5.73 Å². The number of thiazole rings is 1. The third kappa shape index (κ3) is 3.34. The van der Waals surface area contributed by atoms with Crippen LogP contribution in [-0.4, -0.2) is 4.98 Å². The van der Waals surface area contributed by atoms with Crippen LogP contribution in [0.1, 0.15) is 22.3 Å². The number of rotatable bonds is 3. The molecule has 1 aromatic carbocycles. The lowest BCUT2D eigenvalue weighted by Gasteiger charge is -2.11. The second kappa shape index (κ2) is 5.25. The van der Waals surface area contributed by atoms with Gasteiger partial charge in [-0.3, -0.25) is 0 Å². The van der Waals surface area contributed by atoms with Gasteiger partial charge in [0.25, 0.3) is 0 Å². The van der Waals surface area contributed by atoms with E-state index < -0.39 is 0 Å². The molecule has 1 heterocycles. The van der Waals surface area contributed by atoms with Gasteiger partial charge in [-0.15, -0.1) is 11.3 Å². The molecule has 90 valence electrons. The van der Waals surface area contributed by atoms with Crippen molar-refractivity contribution >= 4 is 27.3 Å². The minimum absolute atomic E-state index is 0.229. The zero-order valence-corrected chi connectivity index (χ0v) is 11.7. The van der Waals surface area contributed by atoms with Crippen LogP contribution in [0.2, 0.25) is 0 Å². The van der Waals surface area contributed by atoms with E-state index in [9.17, 15) is 4.39 Å². The summed E-state index contributed by atoms with van der Waals surface area (Å²) in [5, 5.41) is 2.97. The number of nitrogens with zero attached hydrogens (tertiary/aromatic N) is 1. The molecule has 1 aromatic heterocycles. The van der Waals surface area contributed by atoms with E-state index in [-0.39, 0.29) is 11.9 Å². The van der Waals surface area contributed by atoms with Crippen molar-refractivity contribution in [2.75, 3.05) is 0 Å². The molecular formula is C12H12BrFN2S. The van der Waals surface area contributed by atoms with Crippen molar-refractivity contribution in [2.45, 2.75) is 19.4 Å². The third-order valence-electron chi connectivity index (χ3n) is 2.37. The molecule has 0 amide bonds. The maximum absolute atomic E-state index is 13.2. The quantitative estimate of drug-likeness (QED) is 0.940. The van der Waals surface area contributed by atoms with Gasteiger partial charge in [0.2, 0.25) is 0 Å². The molecule has 2 N–H and O–H groups in total. The van der Waals surface area contributed by atoms with E-state index in [1.165, 1.54) is 12.1 Å². The lowest BCUT2D eigenvalue weighted by molar-refractivity contribution is 0.617. The Morgan fingerprint density at radius 3 is 2.82 bits per heavy atom. The summed E-state index contributed by atoms with van der Waals surface area (Å²) in [6.07, 6.45) is 0.633. The summed E-state index contributed by atoms with van der Waals surface area (Å²) in [5.41, 5.74) is 7.83. The smallest absolute Gasteiger partial charge is 0.124 e. The number of nitrogens with two attached hydrogens (primary N) is 1. The second-order valence-corrected chi connectivity index (χ2v) is 5.75. The fourth-order valence-corrected chi connectivity index (χ4v) is 2.91. The highest BCUT2D eigenvalue weighted by molar-refractivity contribution is 9.10. The van der Waals surface area contributed by atoms with E-state index in [0.29, 0.717) is 10.9 Å². The number of benzene rings is 1. The second-order valence-electron chi connectivity index (χ2n) is 3.90. The fourth-order valence-electron chi connectivity index (χ4n) is 1.59. The lowest BCUT2D eigenvalue weighted by atomic mass is 10.1. The monoisotopic (exact) mass is 314 g/mol. The Morgan fingerprint density at radius 1 is 1.47 bits per heavy atom. The summed E-state index contributed by atoms with van der Waals surface area (Å²) in [7, 11) is 0. The summed E-state index contributed by atoms with van der Waals surface area (Å²) < 4.78 is 13.9. The highest BCUT2D eigenvalue weighted by atomic mass is 79.9. The Kier molecular flexibility index (Phi) is 3.91. The fraction of sp³-hybridized carbons (Fsp3) is 0.250. The maximum atomic E-state index is 13.2. The standard InChI is InChI=1S/C12H12BrFN2S/c1-7-6-17-12(16-7)5-11(15)8-2-9(13)4-10(14)3-8/h2-4,6,11H,5,15H2,1H3. The van der Waals surface area contributed by atoms with E-state index in [4.69, 9.17) is 5.73 Å². The number of aryl methyl sites for hydroxylation is 1. The SMILES string of the molecule is Cc1csc(CC(N)c2cc(F)cc(Br)c2)n1. The van der Waals surface area contributed by atoms with Gasteiger partial charge in [0.05, 0.1) is 5.01 Å². The van der Waals surface area contributed by atoms with Gasteiger partial charge in [0.1, 0.15) is 5.82 Å². The highest BCUT2D eigenvalue weighted by Gasteiger charge is 2.11. The van der Waals surface area contributed by atoms with Gasteiger partial charge in [-0.05, 0) is 30.7 Å². The summed E-state index contributed by atoms with van der Waals surface area (Å²) in [6.45, 7) is 1.95. The molecule has 0 aliphatic carbocycles. The van der Waals surface area contributed by atoms with E-state index in [0.717, 1.165) is 16.3 Å². The average Bonchev–Trinajstić information content (AvgIpc) is 2.62. The third-order valence-corrected chi connectivity index (χ3v) is 3.82. The minimum Gasteiger partial charge on any atom is -0.324 e. The molecular weight excluding hydrogens is 303 g/mol. The van der Waals surface area contributed by atoms with Crippen LogP contribution in [0.5, 0.6) is 0 Å². The van der Waals surface area contributed by atoms with Crippen molar-refractivity contribution in [1.29, 1.82) is 0 Å². The molecule has 0 saturated heterocycles. The van der Waals surface area contributed by atoms with E-state index in [2.05, 4.69) is 20.9 Å². The van der Waals surface area contributed by atoms with Gasteiger partial charge in [0.15, 0.2) is 0 Å². The Labute approximate surface area is 112 Å². The normalized spacial score (nSPS) is 12.7. The summed E-state index contributed by atoms with van der Waals surface area (Å²) in [4.78, 5) is 4.35. The van der Waals surface area contributed by atoms with Gasteiger partial charge in [-0.25, -0.2) is 9.37 Å². The van der Waals surface area contributed by atoms with Crippen LogP contribution in [0.15, 0.2) is 28.1 Å².